The highest BCUT2D eigenvalue weighted by Gasteiger charge is 2.31. The van der Waals surface area contributed by atoms with Crippen LogP contribution >= 0.6 is 23.2 Å². The van der Waals surface area contributed by atoms with Crippen molar-refractivity contribution >= 4 is 41.4 Å². The summed E-state index contributed by atoms with van der Waals surface area (Å²) < 4.78 is 33.1. The van der Waals surface area contributed by atoms with Gasteiger partial charge in [0.2, 0.25) is 0 Å². The summed E-state index contributed by atoms with van der Waals surface area (Å²) in [6, 6.07) is 10.9. The number of pyridine rings is 1. The third kappa shape index (κ3) is 8.45. The summed E-state index contributed by atoms with van der Waals surface area (Å²) in [5.41, 5.74) is 0.807. The Morgan fingerprint density at radius 2 is 1.69 bits per heavy atom. The van der Waals surface area contributed by atoms with E-state index in [1.807, 2.05) is 0 Å². The molecule has 0 aliphatic carbocycles. The summed E-state index contributed by atoms with van der Waals surface area (Å²) in [6.07, 6.45) is 4.60. The Bertz CT molecular complexity index is 973. The molecule has 0 aliphatic rings. The zero-order valence-electron chi connectivity index (χ0n) is 19.7. The van der Waals surface area contributed by atoms with Gasteiger partial charge in [0.25, 0.3) is 0 Å². The Balaban J connectivity index is 2.03. The molecule has 1 heterocycles. The van der Waals surface area contributed by atoms with Crippen molar-refractivity contribution in [2.75, 3.05) is 6.61 Å². The third-order valence-electron chi connectivity index (χ3n) is 5.21. The largest absolute Gasteiger partial charge is 0.417 e. The smallest absolute Gasteiger partial charge is 0.187 e. The number of hydrogen-bond donors (Lipinski definition) is 0. The molecule has 0 radical (unpaired) electrons. The number of halogens is 2. The average molecular weight is 517 g/mol. The predicted octanol–water partition coefficient (Wildman–Crippen LogP) is 7.73. The number of hydrogen-bond acceptors (Lipinski definition) is 4. The highest BCUT2D eigenvalue weighted by atomic mass is 35.5. The first kappa shape index (κ1) is 27.3. The molecular weight excluding hydrogens is 481 g/mol. The van der Waals surface area contributed by atoms with Crippen LogP contribution in [0.5, 0.6) is 0 Å². The maximum Gasteiger partial charge on any atom is 0.187 e. The highest BCUT2D eigenvalue weighted by molar-refractivity contribution is 7.91. The van der Waals surface area contributed by atoms with E-state index in [-0.39, 0.29) is 15.5 Å². The molecule has 1 atom stereocenters. The Morgan fingerprint density at radius 1 is 1.03 bits per heavy atom. The Kier molecular flexibility index (Phi) is 9.80. The number of rotatable bonds is 11. The fourth-order valence-electron chi connectivity index (χ4n) is 4.19. The van der Waals surface area contributed by atoms with Gasteiger partial charge in [-0.2, -0.15) is 0 Å². The molecule has 2 rings (SSSR count). The van der Waals surface area contributed by atoms with Gasteiger partial charge in [-0.3, -0.25) is 0 Å². The van der Waals surface area contributed by atoms with Crippen LogP contribution in [0, 0.1) is 5.41 Å². The SMILES string of the molecule is CC(C)(C)C[Si](C)(C)OCCCCCC(c1cccnc1Cl)S(=O)(=O)c1ccc(Cl)cc1. The molecule has 0 saturated heterocycles. The van der Waals surface area contributed by atoms with E-state index in [1.165, 1.54) is 0 Å². The van der Waals surface area contributed by atoms with Crippen LogP contribution in [0.1, 0.15) is 57.3 Å². The number of unbranched alkanes of at least 4 members (excludes halogenated alkanes) is 2. The fraction of sp³-hybridized carbons (Fsp3) is 0.542. The van der Waals surface area contributed by atoms with Gasteiger partial charge in [-0.15, -0.1) is 0 Å². The molecule has 4 nitrogen and oxygen atoms in total. The molecule has 0 fully saturated rings. The molecule has 0 aliphatic heterocycles. The van der Waals surface area contributed by atoms with Crippen molar-refractivity contribution in [2.24, 2.45) is 5.41 Å². The van der Waals surface area contributed by atoms with Crippen molar-refractivity contribution in [3.05, 3.63) is 58.3 Å². The molecule has 178 valence electrons. The molecule has 32 heavy (non-hydrogen) atoms. The maximum atomic E-state index is 13.4. The molecule has 1 aromatic carbocycles. The summed E-state index contributed by atoms with van der Waals surface area (Å²) in [6.45, 7) is 12.0. The molecule has 8 heteroatoms. The summed E-state index contributed by atoms with van der Waals surface area (Å²) in [4.78, 5) is 4.34. The lowest BCUT2D eigenvalue weighted by Crippen LogP contribution is -2.35. The van der Waals surface area contributed by atoms with E-state index in [2.05, 4.69) is 38.8 Å². The third-order valence-corrected chi connectivity index (χ3v) is 10.8. The molecular formula is C24H35Cl2NO3SSi. The van der Waals surface area contributed by atoms with Gasteiger partial charge in [-0.05, 0) is 67.7 Å². The lowest BCUT2D eigenvalue weighted by Gasteiger charge is -2.30. The van der Waals surface area contributed by atoms with E-state index in [1.54, 1.807) is 42.6 Å². The van der Waals surface area contributed by atoms with Crippen LogP contribution in [0.15, 0.2) is 47.5 Å². The molecule has 0 N–H and O–H groups in total. The fourth-order valence-corrected chi connectivity index (χ4v) is 9.83. The molecule has 1 unspecified atom stereocenters. The van der Waals surface area contributed by atoms with Gasteiger partial charge in [0.05, 0.1) is 10.1 Å². The summed E-state index contributed by atoms with van der Waals surface area (Å²) >= 11 is 12.2. The van der Waals surface area contributed by atoms with Crippen LogP contribution in [-0.4, -0.2) is 28.3 Å². The van der Waals surface area contributed by atoms with Crippen LogP contribution in [0.2, 0.25) is 29.3 Å². The van der Waals surface area contributed by atoms with E-state index in [0.717, 1.165) is 31.9 Å². The molecule has 1 aromatic heterocycles. The molecule has 2 aromatic rings. The summed E-state index contributed by atoms with van der Waals surface area (Å²) in [5, 5.41) is -0.0244. The van der Waals surface area contributed by atoms with Gasteiger partial charge in [0.15, 0.2) is 18.2 Å². The lowest BCUT2D eigenvalue weighted by atomic mass is 10.0. The van der Waals surface area contributed by atoms with Crippen molar-refractivity contribution in [2.45, 2.75) is 75.7 Å². The molecule has 0 bridgehead atoms. The van der Waals surface area contributed by atoms with Gasteiger partial charge in [-0.25, -0.2) is 13.4 Å². The summed E-state index contributed by atoms with van der Waals surface area (Å²) in [5.74, 6) is 0. The zero-order valence-corrected chi connectivity index (χ0v) is 23.0. The molecule has 0 spiro atoms. The zero-order chi connectivity index (χ0) is 24.0. The Morgan fingerprint density at radius 3 is 2.28 bits per heavy atom. The molecule has 0 amide bonds. The Hall–Kier alpha value is -0.923. The van der Waals surface area contributed by atoms with E-state index < -0.39 is 23.4 Å². The highest BCUT2D eigenvalue weighted by Crippen LogP contribution is 2.36. The van der Waals surface area contributed by atoms with Crippen LogP contribution < -0.4 is 0 Å². The minimum atomic E-state index is -3.64. The standard InChI is InChI=1S/C24H35Cl2NO3SSi/c1-24(2,3)18-32(4,5)30-17-8-6-7-11-22(21-10-9-16-27-23(21)26)31(28,29)20-14-12-19(25)13-15-20/h9-10,12-16,22H,6-8,11,17-18H2,1-5H3. The molecule has 0 saturated carbocycles. The quantitative estimate of drug-likeness (QED) is 0.174. The monoisotopic (exact) mass is 515 g/mol. The van der Waals surface area contributed by atoms with E-state index in [9.17, 15) is 8.42 Å². The van der Waals surface area contributed by atoms with Gasteiger partial charge >= 0.3 is 0 Å². The van der Waals surface area contributed by atoms with Gasteiger partial charge in [0, 0.05) is 23.4 Å². The van der Waals surface area contributed by atoms with Crippen molar-refractivity contribution < 1.29 is 12.8 Å². The predicted molar refractivity (Wildman–Crippen MR) is 137 cm³/mol. The number of benzene rings is 1. The van der Waals surface area contributed by atoms with Crippen molar-refractivity contribution in [3.63, 3.8) is 0 Å². The van der Waals surface area contributed by atoms with E-state index in [4.69, 9.17) is 27.6 Å². The van der Waals surface area contributed by atoms with Gasteiger partial charge in [0.1, 0.15) is 5.15 Å². The topological polar surface area (TPSA) is 56.3 Å². The van der Waals surface area contributed by atoms with E-state index >= 15 is 0 Å². The van der Waals surface area contributed by atoms with E-state index in [0.29, 0.717) is 17.0 Å². The van der Waals surface area contributed by atoms with Crippen molar-refractivity contribution in [1.29, 1.82) is 0 Å². The van der Waals surface area contributed by atoms with Crippen molar-refractivity contribution in [1.82, 2.24) is 4.98 Å². The number of nitrogens with zero attached hydrogens (tertiary/aromatic N) is 1. The van der Waals surface area contributed by atoms with Crippen LogP contribution in [0.25, 0.3) is 0 Å². The second-order valence-electron chi connectivity index (χ2n) is 10.1. The second-order valence-corrected chi connectivity index (χ2v) is 17.2. The lowest BCUT2D eigenvalue weighted by molar-refractivity contribution is 0.281. The van der Waals surface area contributed by atoms with Crippen LogP contribution in [0.4, 0.5) is 0 Å². The first-order valence-electron chi connectivity index (χ1n) is 11.1. The Labute approximate surface area is 204 Å². The van der Waals surface area contributed by atoms with Gasteiger partial charge < -0.3 is 4.43 Å². The first-order valence-corrected chi connectivity index (χ1v) is 16.5. The maximum absolute atomic E-state index is 13.4. The normalized spacial score (nSPS) is 13.8. The minimum Gasteiger partial charge on any atom is -0.417 e. The average Bonchev–Trinajstić information content (AvgIpc) is 2.66. The van der Waals surface area contributed by atoms with Gasteiger partial charge in [-0.1, -0.05) is 62.9 Å². The second kappa shape index (κ2) is 11.5. The van der Waals surface area contributed by atoms with Crippen molar-refractivity contribution in [3.8, 4) is 0 Å². The number of sulfone groups is 1. The van der Waals surface area contributed by atoms with Crippen LogP contribution in [-0.2, 0) is 14.3 Å². The van der Waals surface area contributed by atoms with Crippen LogP contribution in [0.3, 0.4) is 0 Å². The minimum absolute atomic E-state index is 0.230. The summed E-state index contributed by atoms with van der Waals surface area (Å²) in [7, 11) is -5.33. The first-order chi connectivity index (χ1) is 14.8. The number of aromatic nitrogens is 1.